The van der Waals surface area contributed by atoms with Gasteiger partial charge in [-0.1, -0.05) is 26.7 Å². The van der Waals surface area contributed by atoms with E-state index in [0.717, 1.165) is 12.8 Å². The Morgan fingerprint density at radius 2 is 2.29 bits per heavy atom. The first-order valence-corrected chi connectivity index (χ1v) is 6.34. The van der Waals surface area contributed by atoms with E-state index in [-0.39, 0.29) is 5.76 Å². The van der Waals surface area contributed by atoms with Gasteiger partial charge in [-0.25, -0.2) is 9.78 Å². The maximum atomic E-state index is 11.0. The van der Waals surface area contributed by atoms with Crippen molar-refractivity contribution in [2.24, 2.45) is 5.92 Å². The highest BCUT2D eigenvalue weighted by Gasteiger charge is 2.27. The molecule has 1 aliphatic carbocycles. The van der Waals surface area contributed by atoms with E-state index >= 15 is 0 Å². The SMILES string of the molecule is CCc1nc([C@@H]2CCC[C@H](C)C2)oc1C(=O)O. The summed E-state index contributed by atoms with van der Waals surface area (Å²) in [5.74, 6) is 0.632. The summed E-state index contributed by atoms with van der Waals surface area (Å²) in [5, 5.41) is 9.03. The summed E-state index contributed by atoms with van der Waals surface area (Å²) in [7, 11) is 0. The number of carboxylic acids is 1. The molecule has 1 aliphatic rings. The van der Waals surface area contributed by atoms with Gasteiger partial charge in [0.1, 0.15) is 0 Å². The van der Waals surface area contributed by atoms with Crippen molar-refractivity contribution in [3.63, 3.8) is 0 Å². The van der Waals surface area contributed by atoms with Gasteiger partial charge in [0.2, 0.25) is 5.76 Å². The minimum absolute atomic E-state index is 0.0285. The van der Waals surface area contributed by atoms with Crippen molar-refractivity contribution in [1.82, 2.24) is 4.98 Å². The number of aromatic carboxylic acids is 1. The highest BCUT2D eigenvalue weighted by atomic mass is 16.4. The van der Waals surface area contributed by atoms with Crippen LogP contribution in [0.3, 0.4) is 0 Å². The maximum absolute atomic E-state index is 11.0. The monoisotopic (exact) mass is 237 g/mol. The van der Waals surface area contributed by atoms with E-state index in [0.29, 0.717) is 29.8 Å². The molecular weight excluding hydrogens is 218 g/mol. The van der Waals surface area contributed by atoms with Gasteiger partial charge in [0.15, 0.2) is 5.89 Å². The zero-order valence-electron chi connectivity index (χ0n) is 10.4. The summed E-state index contributed by atoms with van der Waals surface area (Å²) in [6.45, 7) is 4.13. The van der Waals surface area contributed by atoms with E-state index in [4.69, 9.17) is 9.52 Å². The van der Waals surface area contributed by atoms with E-state index in [9.17, 15) is 4.79 Å². The molecule has 0 aromatic carbocycles. The molecule has 1 saturated carbocycles. The second-order valence-electron chi connectivity index (χ2n) is 4.96. The highest BCUT2D eigenvalue weighted by molar-refractivity contribution is 5.85. The molecule has 0 aliphatic heterocycles. The Kier molecular flexibility index (Phi) is 3.50. The number of nitrogens with zero attached hydrogens (tertiary/aromatic N) is 1. The number of hydrogen-bond donors (Lipinski definition) is 1. The fourth-order valence-electron chi connectivity index (χ4n) is 2.61. The quantitative estimate of drug-likeness (QED) is 0.876. The molecule has 2 rings (SSSR count). The van der Waals surface area contributed by atoms with Crippen molar-refractivity contribution < 1.29 is 14.3 Å². The fourth-order valence-corrected chi connectivity index (χ4v) is 2.61. The van der Waals surface area contributed by atoms with Crippen LogP contribution in [0, 0.1) is 5.92 Å². The maximum Gasteiger partial charge on any atom is 0.373 e. The van der Waals surface area contributed by atoms with Crippen molar-refractivity contribution in [3.05, 3.63) is 17.3 Å². The average Bonchev–Trinajstić information content (AvgIpc) is 2.73. The lowest BCUT2D eigenvalue weighted by Gasteiger charge is -2.24. The minimum atomic E-state index is -1.01. The molecule has 0 bridgehead atoms. The van der Waals surface area contributed by atoms with Crippen molar-refractivity contribution in [2.75, 3.05) is 0 Å². The third-order valence-corrected chi connectivity index (χ3v) is 3.53. The lowest BCUT2D eigenvalue weighted by atomic mass is 9.82. The highest BCUT2D eigenvalue weighted by Crippen LogP contribution is 2.36. The molecule has 1 fully saturated rings. The van der Waals surface area contributed by atoms with Gasteiger partial charge in [0.25, 0.3) is 0 Å². The molecule has 0 spiro atoms. The first-order chi connectivity index (χ1) is 8.11. The van der Waals surface area contributed by atoms with Gasteiger partial charge < -0.3 is 9.52 Å². The van der Waals surface area contributed by atoms with Crippen LogP contribution in [0.4, 0.5) is 0 Å². The van der Waals surface area contributed by atoms with E-state index in [1.165, 1.54) is 12.8 Å². The zero-order chi connectivity index (χ0) is 12.4. The topological polar surface area (TPSA) is 63.3 Å². The van der Waals surface area contributed by atoms with Crippen LogP contribution in [0.1, 0.15) is 67.6 Å². The molecule has 0 unspecified atom stereocenters. The second-order valence-corrected chi connectivity index (χ2v) is 4.96. The van der Waals surface area contributed by atoms with Gasteiger partial charge in [-0.15, -0.1) is 0 Å². The van der Waals surface area contributed by atoms with Crippen molar-refractivity contribution in [3.8, 4) is 0 Å². The molecule has 2 atom stereocenters. The van der Waals surface area contributed by atoms with Crippen LogP contribution in [0.2, 0.25) is 0 Å². The number of carboxylic acid groups (broad SMARTS) is 1. The summed E-state index contributed by atoms with van der Waals surface area (Å²) in [6, 6.07) is 0. The molecule has 4 nitrogen and oxygen atoms in total. The summed E-state index contributed by atoms with van der Waals surface area (Å²) in [5.41, 5.74) is 0.575. The molecule has 0 saturated heterocycles. The Morgan fingerprint density at radius 3 is 2.82 bits per heavy atom. The number of aromatic nitrogens is 1. The van der Waals surface area contributed by atoms with E-state index < -0.39 is 5.97 Å². The van der Waals surface area contributed by atoms with Crippen molar-refractivity contribution in [2.45, 2.75) is 51.9 Å². The number of rotatable bonds is 3. The van der Waals surface area contributed by atoms with E-state index in [2.05, 4.69) is 11.9 Å². The van der Waals surface area contributed by atoms with Crippen LogP contribution in [0.5, 0.6) is 0 Å². The fraction of sp³-hybridized carbons (Fsp3) is 0.692. The van der Waals surface area contributed by atoms with Gasteiger partial charge >= 0.3 is 5.97 Å². The molecule has 1 aromatic rings. The van der Waals surface area contributed by atoms with Crippen LogP contribution in [0.25, 0.3) is 0 Å². The summed E-state index contributed by atoms with van der Waals surface area (Å²) >= 11 is 0. The van der Waals surface area contributed by atoms with E-state index in [1.54, 1.807) is 0 Å². The minimum Gasteiger partial charge on any atom is -0.475 e. The smallest absolute Gasteiger partial charge is 0.373 e. The number of oxazole rings is 1. The van der Waals surface area contributed by atoms with Crippen LogP contribution in [-0.4, -0.2) is 16.1 Å². The average molecular weight is 237 g/mol. The van der Waals surface area contributed by atoms with Gasteiger partial charge in [-0.2, -0.15) is 0 Å². The Hall–Kier alpha value is -1.32. The summed E-state index contributed by atoms with van der Waals surface area (Å²) in [4.78, 5) is 15.4. The molecular formula is C13H19NO3. The number of aryl methyl sites for hydroxylation is 1. The van der Waals surface area contributed by atoms with Crippen LogP contribution in [-0.2, 0) is 6.42 Å². The zero-order valence-corrected chi connectivity index (χ0v) is 10.4. The molecule has 0 amide bonds. The van der Waals surface area contributed by atoms with Crippen LogP contribution >= 0.6 is 0 Å². The molecule has 1 heterocycles. The molecule has 1 N–H and O–H groups in total. The first kappa shape index (κ1) is 12.1. The predicted octanol–water partition coefficient (Wildman–Crippen LogP) is 3.23. The molecule has 4 heteroatoms. The Balaban J connectivity index is 2.23. The summed E-state index contributed by atoms with van der Waals surface area (Å²) in [6.07, 6.45) is 5.16. The first-order valence-electron chi connectivity index (χ1n) is 6.34. The summed E-state index contributed by atoms with van der Waals surface area (Å²) < 4.78 is 5.44. The van der Waals surface area contributed by atoms with Crippen LogP contribution < -0.4 is 0 Å². The molecule has 17 heavy (non-hydrogen) atoms. The predicted molar refractivity (Wildman–Crippen MR) is 63.2 cm³/mol. The number of carbonyl (C=O) groups is 1. The standard InChI is InChI=1S/C13H19NO3/c1-3-10-11(13(15)16)17-12(14-10)9-6-4-5-8(2)7-9/h8-9H,3-7H2,1-2H3,(H,15,16)/t8-,9+/m0/s1. The lowest BCUT2D eigenvalue weighted by molar-refractivity contribution is 0.0657. The largest absolute Gasteiger partial charge is 0.475 e. The van der Waals surface area contributed by atoms with Gasteiger partial charge in [-0.05, 0) is 25.2 Å². The molecule has 1 aromatic heterocycles. The van der Waals surface area contributed by atoms with Crippen molar-refractivity contribution in [1.29, 1.82) is 0 Å². The van der Waals surface area contributed by atoms with Crippen molar-refractivity contribution >= 4 is 5.97 Å². The lowest BCUT2D eigenvalue weighted by Crippen LogP contribution is -2.11. The third-order valence-electron chi connectivity index (χ3n) is 3.53. The van der Waals surface area contributed by atoms with E-state index in [1.807, 2.05) is 6.92 Å². The van der Waals surface area contributed by atoms with Gasteiger partial charge in [0.05, 0.1) is 5.69 Å². The molecule has 0 radical (unpaired) electrons. The Labute approximate surface area is 101 Å². The van der Waals surface area contributed by atoms with Gasteiger partial charge in [-0.3, -0.25) is 0 Å². The normalized spacial score (nSPS) is 24.8. The number of hydrogen-bond acceptors (Lipinski definition) is 3. The third kappa shape index (κ3) is 2.51. The molecule has 94 valence electrons. The Morgan fingerprint density at radius 1 is 1.53 bits per heavy atom. The second kappa shape index (κ2) is 4.90. The van der Waals surface area contributed by atoms with Crippen LogP contribution in [0.15, 0.2) is 4.42 Å². The Bertz CT molecular complexity index is 411. The van der Waals surface area contributed by atoms with Gasteiger partial charge in [0, 0.05) is 5.92 Å².